The van der Waals surface area contributed by atoms with Crippen LogP contribution in [0.2, 0.25) is 0 Å². The maximum Gasteiger partial charge on any atom is 0.253 e. The molecule has 0 N–H and O–H groups in total. The third kappa shape index (κ3) is 2.91. The molecule has 3 rings (SSSR count). The number of fused-ring (bicyclic) bond motifs is 1. The lowest BCUT2D eigenvalue weighted by Crippen LogP contribution is -1.90. The van der Waals surface area contributed by atoms with Crippen molar-refractivity contribution in [2.24, 2.45) is 0 Å². The summed E-state index contributed by atoms with van der Waals surface area (Å²) in [6.07, 6.45) is 4.54. The second kappa shape index (κ2) is 5.92. The molecule has 0 saturated carbocycles. The molecule has 0 atom stereocenters. The largest absolute Gasteiger partial charge is 0.497 e. The van der Waals surface area contributed by atoms with Crippen molar-refractivity contribution in [2.45, 2.75) is 11.6 Å². The molecule has 0 aliphatic heterocycles. The zero-order valence-electron chi connectivity index (χ0n) is 11.1. The van der Waals surface area contributed by atoms with Gasteiger partial charge in [-0.15, -0.1) is 5.10 Å². The minimum absolute atomic E-state index is 0.638. The van der Waals surface area contributed by atoms with E-state index in [9.17, 15) is 0 Å². The Balaban J connectivity index is 1.58. The molecule has 6 heteroatoms. The summed E-state index contributed by atoms with van der Waals surface area (Å²) in [6.45, 7) is 0. The van der Waals surface area contributed by atoms with Gasteiger partial charge in [0, 0.05) is 18.1 Å². The minimum atomic E-state index is 0.638. The van der Waals surface area contributed by atoms with Crippen LogP contribution < -0.4 is 4.74 Å². The van der Waals surface area contributed by atoms with Gasteiger partial charge in [-0.3, -0.25) is 0 Å². The Morgan fingerprint density at radius 3 is 2.85 bits per heavy atom. The summed E-state index contributed by atoms with van der Waals surface area (Å²) in [7, 11) is 1.67. The number of hydrogen-bond acceptors (Lipinski definition) is 5. The van der Waals surface area contributed by atoms with Gasteiger partial charge in [-0.2, -0.15) is 4.98 Å². The second-order valence-electron chi connectivity index (χ2n) is 4.21. The molecule has 0 bridgehead atoms. The number of benzene rings is 1. The zero-order valence-corrected chi connectivity index (χ0v) is 11.9. The van der Waals surface area contributed by atoms with E-state index in [1.165, 1.54) is 5.56 Å². The van der Waals surface area contributed by atoms with E-state index in [2.05, 4.69) is 27.2 Å². The number of hydrogen-bond donors (Lipinski definition) is 0. The molecule has 0 aliphatic rings. The summed E-state index contributed by atoms with van der Waals surface area (Å²) >= 11 is 1.64. The number of aryl methyl sites for hydroxylation is 1. The minimum Gasteiger partial charge on any atom is -0.497 e. The summed E-state index contributed by atoms with van der Waals surface area (Å²) in [6, 6.07) is 9.96. The van der Waals surface area contributed by atoms with Crippen molar-refractivity contribution in [3.63, 3.8) is 0 Å². The molecule has 0 radical (unpaired) electrons. The van der Waals surface area contributed by atoms with E-state index in [0.29, 0.717) is 5.78 Å². The highest BCUT2D eigenvalue weighted by atomic mass is 32.2. The monoisotopic (exact) mass is 286 g/mol. The standard InChI is InChI=1S/C14H14N4OS/c1-19-12-5-3-11(4-6-12)7-10-20-14-16-13-15-8-2-9-18(13)17-14/h2-6,8-9H,7,10H2,1H3. The van der Waals surface area contributed by atoms with E-state index in [1.54, 1.807) is 29.6 Å². The highest BCUT2D eigenvalue weighted by Crippen LogP contribution is 2.17. The average Bonchev–Trinajstić information content (AvgIpc) is 2.90. The summed E-state index contributed by atoms with van der Waals surface area (Å²) in [5.41, 5.74) is 1.28. The van der Waals surface area contributed by atoms with Gasteiger partial charge in [-0.25, -0.2) is 9.50 Å². The Kier molecular flexibility index (Phi) is 3.83. The Hall–Kier alpha value is -2.08. The molecule has 0 fully saturated rings. The van der Waals surface area contributed by atoms with Crippen LogP contribution in [0, 0.1) is 0 Å². The lowest BCUT2D eigenvalue weighted by molar-refractivity contribution is 0.414. The first kappa shape index (κ1) is 12.9. The topological polar surface area (TPSA) is 52.3 Å². The van der Waals surface area contributed by atoms with Crippen molar-refractivity contribution < 1.29 is 4.74 Å². The third-order valence-corrected chi connectivity index (χ3v) is 3.72. The van der Waals surface area contributed by atoms with E-state index in [0.717, 1.165) is 23.1 Å². The summed E-state index contributed by atoms with van der Waals surface area (Å²) < 4.78 is 6.83. The SMILES string of the molecule is COc1ccc(CCSc2nc3ncccn3n2)cc1. The molecular weight excluding hydrogens is 272 g/mol. The lowest BCUT2D eigenvalue weighted by atomic mass is 10.2. The van der Waals surface area contributed by atoms with Crippen LogP contribution in [0.5, 0.6) is 5.75 Å². The van der Waals surface area contributed by atoms with Crippen molar-refractivity contribution >= 4 is 17.5 Å². The van der Waals surface area contributed by atoms with Gasteiger partial charge in [0.05, 0.1) is 7.11 Å². The summed E-state index contributed by atoms with van der Waals surface area (Å²) in [5.74, 6) is 2.46. The normalized spacial score (nSPS) is 10.8. The molecule has 0 spiro atoms. The molecule has 3 aromatic rings. The molecule has 0 amide bonds. The molecule has 0 unspecified atom stereocenters. The molecule has 5 nitrogen and oxygen atoms in total. The van der Waals surface area contributed by atoms with E-state index in [-0.39, 0.29) is 0 Å². The summed E-state index contributed by atoms with van der Waals surface area (Å²) in [5, 5.41) is 5.12. The van der Waals surface area contributed by atoms with Gasteiger partial charge in [0.2, 0.25) is 5.16 Å². The van der Waals surface area contributed by atoms with E-state index < -0.39 is 0 Å². The van der Waals surface area contributed by atoms with Gasteiger partial charge in [0.1, 0.15) is 5.75 Å². The maximum atomic E-state index is 5.14. The lowest BCUT2D eigenvalue weighted by Gasteiger charge is -2.02. The fourth-order valence-electron chi connectivity index (χ4n) is 1.83. The van der Waals surface area contributed by atoms with Crippen molar-refractivity contribution in [1.82, 2.24) is 19.6 Å². The van der Waals surface area contributed by atoms with E-state index >= 15 is 0 Å². The van der Waals surface area contributed by atoms with Crippen LogP contribution in [0.15, 0.2) is 47.9 Å². The van der Waals surface area contributed by atoms with Crippen LogP contribution in [-0.4, -0.2) is 32.4 Å². The molecule has 1 aromatic carbocycles. The van der Waals surface area contributed by atoms with E-state index in [1.807, 2.05) is 24.4 Å². The molecule has 0 saturated heterocycles. The van der Waals surface area contributed by atoms with Gasteiger partial charge < -0.3 is 4.74 Å². The molecular formula is C14H14N4OS. The van der Waals surface area contributed by atoms with Crippen molar-refractivity contribution in [3.05, 3.63) is 48.3 Å². The predicted octanol–water partition coefficient (Wildman–Crippen LogP) is 2.47. The zero-order chi connectivity index (χ0) is 13.8. The Bertz CT molecular complexity index is 663. The Labute approximate surface area is 121 Å². The highest BCUT2D eigenvalue weighted by Gasteiger charge is 2.04. The number of aromatic nitrogens is 4. The third-order valence-electron chi connectivity index (χ3n) is 2.88. The van der Waals surface area contributed by atoms with Crippen molar-refractivity contribution in [3.8, 4) is 5.75 Å². The van der Waals surface area contributed by atoms with Crippen LogP contribution in [0.1, 0.15) is 5.56 Å². The quantitative estimate of drug-likeness (QED) is 0.674. The fourth-order valence-corrected chi connectivity index (χ4v) is 2.64. The average molecular weight is 286 g/mol. The molecule has 102 valence electrons. The van der Waals surface area contributed by atoms with Crippen LogP contribution in [-0.2, 0) is 6.42 Å². The van der Waals surface area contributed by atoms with Crippen LogP contribution >= 0.6 is 11.8 Å². The number of ether oxygens (including phenoxy) is 1. The number of nitrogens with zero attached hydrogens (tertiary/aromatic N) is 4. The number of thioether (sulfide) groups is 1. The van der Waals surface area contributed by atoms with Gasteiger partial charge in [0.25, 0.3) is 5.78 Å². The van der Waals surface area contributed by atoms with Gasteiger partial charge >= 0.3 is 0 Å². The first-order valence-corrected chi connectivity index (χ1v) is 7.27. The molecule has 2 aromatic heterocycles. The number of methoxy groups -OCH3 is 1. The first-order valence-electron chi connectivity index (χ1n) is 6.28. The highest BCUT2D eigenvalue weighted by molar-refractivity contribution is 7.99. The van der Waals surface area contributed by atoms with Gasteiger partial charge in [-0.05, 0) is 30.2 Å². The van der Waals surface area contributed by atoms with E-state index in [4.69, 9.17) is 4.74 Å². The molecule has 0 aliphatic carbocycles. The van der Waals surface area contributed by atoms with Crippen molar-refractivity contribution in [2.75, 3.05) is 12.9 Å². The fraction of sp³-hybridized carbons (Fsp3) is 0.214. The Morgan fingerprint density at radius 1 is 1.25 bits per heavy atom. The number of rotatable bonds is 5. The van der Waals surface area contributed by atoms with Gasteiger partial charge in [0.15, 0.2) is 0 Å². The maximum absolute atomic E-state index is 5.14. The van der Waals surface area contributed by atoms with Gasteiger partial charge in [-0.1, -0.05) is 23.9 Å². The molecule has 20 heavy (non-hydrogen) atoms. The second-order valence-corrected chi connectivity index (χ2v) is 5.27. The molecule has 2 heterocycles. The smallest absolute Gasteiger partial charge is 0.253 e. The van der Waals surface area contributed by atoms with Crippen LogP contribution in [0.4, 0.5) is 0 Å². The predicted molar refractivity (Wildman–Crippen MR) is 78.2 cm³/mol. The first-order chi connectivity index (χ1) is 9.85. The summed E-state index contributed by atoms with van der Waals surface area (Å²) in [4.78, 5) is 8.50. The van der Waals surface area contributed by atoms with Crippen molar-refractivity contribution in [1.29, 1.82) is 0 Å². The van der Waals surface area contributed by atoms with Crippen LogP contribution in [0.25, 0.3) is 5.78 Å². The van der Waals surface area contributed by atoms with Crippen LogP contribution in [0.3, 0.4) is 0 Å². The Morgan fingerprint density at radius 2 is 2.10 bits per heavy atom.